The van der Waals surface area contributed by atoms with E-state index < -0.39 is 140 Å². The van der Waals surface area contributed by atoms with E-state index in [1.165, 1.54) is 53.9 Å². The third-order valence-corrected chi connectivity index (χ3v) is 21.7. The highest BCUT2D eigenvalue weighted by atomic mass is 32.2. The number of methoxy groups -OCH3 is 2. The number of ether oxygens (including phenoxy) is 10. The minimum atomic E-state index is -5.59. The molecule has 0 saturated carbocycles. The third-order valence-electron chi connectivity index (χ3n) is 17.5. The molecular weight excluding hydrogens is 1480 g/mol. The Morgan fingerprint density at radius 1 is 0.538 bits per heavy atom. The number of ketones is 1. The van der Waals surface area contributed by atoms with Gasteiger partial charge in [-0.1, -0.05) is 6.07 Å². The monoisotopic (exact) mass is 1560 g/mol. The van der Waals surface area contributed by atoms with Crippen LogP contribution in [0.4, 0.5) is 11.4 Å². The predicted molar refractivity (Wildman–Crippen MR) is 358 cm³/mol. The molecule has 1 saturated heterocycles. The van der Waals surface area contributed by atoms with E-state index in [-0.39, 0.29) is 173 Å². The first kappa shape index (κ1) is 83.0. The van der Waals surface area contributed by atoms with Crippen molar-refractivity contribution < 1.29 is 146 Å². The Labute approximate surface area is 601 Å². The average Bonchev–Trinajstić information content (AvgIpc) is 1.54. The van der Waals surface area contributed by atoms with Gasteiger partial charge in [-0.2, -0.15) is 4.58 Å². The Kier molecular flexibility index (Phi) is 28.6. The lowest BCUT2D eigenvalue weighted by molar-refractivity contribution is -0.442. The first-order valence-electron chi connectivity index (χ1n) is 32.6. The van der Waals surface area contributed by atoms with E-state index >= 15 is 4.79 Å². The summed E-state index contributed by atoms with van der Waals surface area (Å²) in [6.45, 7) is 5.71. The molecular formula is C65H79N3O31S5-4. The summed E-state index contributed by atoms with van der Waals surface area (Å²) in [5.74, 6) is -5.24. The van der Waals surface area contributed by atoms with Crippen LogP contribution in [-0.2, 0) is 133 Å². The van der Waals surface area contributed by atoms with Crippen LogP contribution in [0.1, 0.15) is 69.9 Å². The summed E-state index contributed by atoms with van der Waals surface area (Å²) < 4.78 is 248. The van der Waals surface area contributed by atoms with Crippen LogP contribution < -0.4 is 4.90 Å². The van der Waals surface area contributed by atoms with Crippen molar-refractivity contribution in [3.63, 3.8) is 0 Å². The summed E-state index contributed by atoms with van der Waals surface area (Å²) in [4.78, 5) is 55.6. The summed E-state index contributed by atoms with van der Waals surface area (Å²) in [6, 6.07) is 7.56. The highest BCUT2D eigenvalue weighted by molar-refractivity contribution is 7.87. The largest absolute Gasteiger partial charge is 0.748 e. The Balaban J connectivity index is 1.23. The summed E-state index contributed by atoms with van der Waals surface area (Å²) >= 11 is 0. The Bertz CT molecular complexity index is 4600. The molecule has 1 fully saturated rings. The Morgan fingerprint density at radius 2 is 0.990 bits per heavy atom. The summed E-state index contributed by atoms with van der Waals surface area (Å²) in [7, 11) is -24.2. The van der Waals surface area contributed by atoms with E-state index in [1.807, 2.05) is 0 Å². The molecule has 0 aromatic heterocycles. The molecule has 1 N–H and O–H groups in total. The zero-order valence-electron chi connectivity index (χ0n) is 57.2. The van der Waals surface area contributed by atoms with Crippen molar-refractivity contribution >= 4 is 113 Å². The maximum Gasteiger partial charge on any atom is 0.333 e. The standard InChI is InChI=1S/C65H83N3O31S5/c1-64(14-6-36-100(74,75)76)55(67(17-19-92-25-27-96-32-33-98-35-34-97-31-29-94-23-21-90-4)52-11-9-45-47(60(52)64)37-43(101(77,78)79)39-53(45)103(83,84)85)41-49-62(72)50(63(49)73)42-56-65(2,15-18-91-24-26-95-30-28-93-22-20-89-3)61-48-38-44(102(80,81)82)40-54(104(86,87)88)46(48)8-10-51(61)66(56)16-5-7-59(71)99-68-57(69)12-13-58(68)70/h8-11,37-42H,5-7,12-36H2,1-4H3,(H5-,72,73,74,75,76,77,78,79,80,81,82,83,84,85,86,87,88)/p-4. The normalized spacial score (nSPS) is 18.9. The average molecular weight is 1560 g/mol. The SMILES string of the molecule is COCCOCCOCCOCCOCCOCC[N+]1=C(C=C2C(=O)C(/C=C3/N(CCCC(=O)ON4C(=O)CCC4=O)c4ccc5c(S(=O)(=O)[O-])cc(S(=O)(=O)[O-])cc5c4C3(C)CCOCCOCCOCCOC)=C2O)C(C)(CCCS(=O)(=O)[O-])c2c1ccc1c(S(=O)(=O)[O-])cc(S(=O)(=O)[O-])cc21. The zero-order valence-corrected chi connectivity index (χ0v) is 61.2. The van der Waals surface area contributed by atoms with Crippen molar-refractivity contribution in [2.24, 2.45) is 0 Å². The topological polar surface area (TPSA) is 486 Å². The number of hydroxylamine groups is 2. The fourth-order valence-corrected chi connectivity index (χ4v) is 15.8. The van der Waals surface area contributed by atoms with Crippen LogP contribution in [0.2, 0.25) is 0 Å². The lowest BCUT2D eigenvalue weighted by Crippen LogP contribution is -2.35. The number of amides is 2. The second-order valence-corrected chi connectivity index (χ2v) is 31.4. The second kappa shape index (κ2) is 35.8. The molecule has 3 aliphatic heterocycles. The number of aliphatic hydroxyl groups is 1. The van der Waals surface area contributed by atoms with E-state index in [2.05, 4.69) is 0 Å². The van der Waals surface area contributed by atoms with Gasteiger partial charge in [0, 0.05) is 92.3 Å². The Morgan fingerprint density at radius 3 is 1.44 bits per heavy atom. The minimum absolute atomic E-state index is 0.00911. The molecule has 1 aliphatic carbocycles. The summed E-state index contributed by atoms with van der Waals surface area (Å²) in [5, 5.41) is 11.6. The van der Waals surface area contributed by atoms with Crippen molar-refractivity contribution in [2.45, 2.75) is 89.2 Å². The van der Waals surface area contributed by atoms with Crippen LogP contribution in [0.3, 0.4) is 0 Å². The molecule has 4 aromatic rings. The second-order valence-electron chi connectivity index (χ2n) is 24.4. The minimum Gasteiger partial charge on any atom is -0.748 e. The first-order valence-corrected chi connectivity index (χ1v) is 39.8. The fraction of sp³-hybridized carbons (Fsp3) is 0.523. The van der Waals surface area contributed by atoms with Gasteiger partial charge in [-0.15, -0.1) is 5.06 Å². The van der Waals surface area contributed by atoms with Crippen LogP contribution >= 0.6 is 0 Å². The summed E-state index contributed by atoms with van der Waals surface area (Å²) in [5.41, 5.74) is -4.01. The highest BCUT2D eigenvalue weighted by Gasteiger charge is 2.52. The van der Waals surface area contributed by atoms with Crippen LogP contribution in [0, 0.1) is 0 Å². The molecule has 4 aliphatic rings. The van der Waals surface area contributed by atoms with Gasteiger partial charge in [0.15, 0.2) is 12.3 Å². The number of imide groups is 1. The van der Waals surface area contributed by atoms with E-state index in [4.69, 9.17) is 52.2 Å². The van der Waals surface area contributed by atoms with Gasteiger partial charge in [-0.25, -0.2) is 46.9 Å². The molecule has 4 aromatic carbocycles. The first-order chi connectivity index (χ1) is 49.1. The molecule has 3 heterocycles. The number of anilines is 1. The lowest BCUT2D eigenvalue weighted by Gasteiger charge is -2.32. The number of rotatable bonds is 45. The number of hydrogen-bond acceptors (Lipinski definition) is 32. The molecule has 2 unspecified atom stereocenters. The number of fused-ring (bicyclic) bond motifs is 6. The quantitative estimate of drug-likeness (QED) is 0.0218. The molecule has 104 heavy (non-hydrogen) atoms. The number of aliphatic hydroxyl groups excluding tert-OH is 1. The van der Waals surface area contributed by atoms with Gasteiger partial charge in [0.1, 0.15) is 52.8 Å². The summed E-state index contributed by atoms with van der Waals surface area (Å²) in [6.07, 6.45) is 0.295. The number of nitrogens with zero attached hydrogens (tertiary/aromatic N) is 3. The van der Waals surface area contributed by atoms with Gasteiger partial charge in [0.2, 0.25) is 11.5 Å². The van der Waals surface area contributed by atoms with Crippen molar-refractivity contribution in [1.29, 1.82) is 0 Å². The maximum atomic E-state index is 15.3. The maximum absolute atomic E-state index is 15.3. The van der Waals surface area contributed by atoms with Gasteiger partial charge < -0.3 is 85.0 Å². The molecule has 2 atom stereocenters. The molecule has 2 amide bonds. The van der Waals surface area contributed by atoms with Gasteiger partial charge in [0.25, 0.3) is 11.8 Å². The molecule has 0 radical (unpaired) electrons. The lowest BCUT2D eigenvalue weighted by atomic mass is 9.72. The predicted octanol–water partition coefficient (Wildman–Crippen LogP) is 2.48. The Hall–Kier alpha value is -6.68. The molecule has 39 heteroatoms. The molecule has 8 rings (SSSR count). The molecule has 34 nitrogen and oxygen atoms in total. The van der Waals surface area contributed by atoms with Crippen LogP contribution in [0.25, 0.3) is 21.5 Å². The van der Waals surface area contributed by atoms with Crippen LogP contribution in [0.15, 0.2) is 103 Å². The number of allylic oxidation sites excluding steroid dienone is 5. The van der Waals surface area contributed by atoms with E-state index in [9.17, 15) is 84.3 Å². The van der Waals surface area contributed by atoms with Crippen molar-refractivity contribution in [3.8, 4) is 0 Å². The molecule has 574 valence electrons. The van der Waals surface area contributed by atoms with E-state index in [1.54, 1.807) is 14.0 Å². The number of hydrogen-bond donors (Lipinski definition) is 1. The number of carbonyl (C=O) groups excluding carboxylic acids is 4. The zero-order chi connectivity index (χ0) is 76.0. The van der Waals surface area contributed by atoms with E-state index in [0.717, 1.165) is 18.2 Å². The van der Waals surface area contributed by atoms with Gasteiger partial charge in [0.05, 0.1) is 152 Å². The fourth-order valence-electron chi connectivity index (χ4n) is 12.6. The van der Waals surface area contributed by atoms with Gasteiger partial charge in [-0.3, -0.25) is 14.4 Å². The van der Waals surface area contributed by atoms with Gasteiger partial charge in [-0.05, 0) is 104 Å². The third kappa shape index (κ3) is 20.5. The van der Waals surface area contributed by atoms with Crippen LogP contribution in [-0.4, -0.2) is 261 Å². The smallest absolute Gasteiger partial charge is 0.333 e. The molecule has 0 spiro atoms. The van der Waals surface area contributed by atoms with Crippen molar-refractivity contribution in [1.82, 2.24) is 5.06 Å². The number of carbonyl (C=O) groups is 4. The van der Waals surface area contributed by atoms with Crippen LogP contribution in [0.5, 0.6) is 0 Å². The molecule has 0 bridgehead atoms. The van der Waals surface area contributed by atoms with E-state index in [0.29, 0.717) is 63.4 Å². The van der Waals surface area contributed by atoms with Crippen molar-refractivity contribution in [3.05, 3.63) is 94.4 Å². The highest BCUT2D eigenvalue weighted by Crippen LogP contribution is 2.55. The number of benzene rings is 4. The number of Topliss-reactive ketones (excluding diaryl/α,β-unsaturated/α-hetero) is 1. The van der Waals surface area contributed by atoms with Crippen molar-refractivity contribution in [2.75, 3.05) is 157 Å². The van der Waals surface area contributed by atoms with Gasteiger partial charge >= 0.3 is 5.97 Å².